The Morgan fingerprint density at radius 1 is 1.28 bits per heavy atom. The fraction of sp³-hybridized carbons (Fsp3) is 0.455. The highest BCUT2D eigenvalue weighted by Gasteiger charge is 2.29. The fourth-order valence-electron chi connectivity index (χ4n) is 4.18. The maximum absolute atomic E-state index is 14.7. The summed E-state index contributed by atoms with van der Waals surface area (Å²) in [5, 5.41) is 12.6. The molecule has 1 fully saturated rings. The van der Waals surface area contributed by atoms with Crippen LogP contribution in [0.15, 0.2) is 47.0 Å². The van der Waals surface area contributed by atoms with Crippen molar-refractivity contribution in [3.8, 4) is 0 Å². The zero-order valence-corrected chi connectivity index (χ0v) is 16.4. The van der Waals surface area contributed by atoms with Gasteiger partial charge in [-0.2, -0.15) is 0 Å². The molecule has 2 aromatic carbocycles. The van der Waals surface area contributed by atoms with Crippen LogP contribution in [0.25, 0.3) is 10.8 Å². The van der Waals surface area contributed by atoms with E-state index >= 15 is 0 Å². The van der Waals surface area contributed by atoms with Gasteiger partial charge in [-0.15, -0.1) is 0 Å². The number of hydrogen-bond acceptors (Lipinski definition) is 1. The minimum absolute atomic E-state index is 0.279. The van der Waals surface area contributed by atoms with E-state index in [1.54, 1.807) is 0 Å². The molecule has 134 valence electrons. The second-order valence-electron chi connectivity index (χ2n) is 7.29. The lowest BCUT2D eigenvalue weighted by Crippen LogP contribution is -2.19. The largest absolute Gasteiger partial charge is 0.384 e. The van der Waals surface area contributed by atoms with Gasteiger partial charge in [-0.25, -0.2) is 4.39 Å². The first-order valence-electron chi connectivity index (χ1n) is 9.26. The Bertz CT molecular complexity index is 762. The second-order valence-corrected chi connectivity index (χ2v) is 8.08. The van der Waals surface area contributed by atoms with Crippen molar-refractivity contribution in [2.75, 3.05) is 0 Å². The van der Waals surface area contributed by atoms with Gasteiger partial charge in [0.1, 0.15) is 11.9 Å². The molecule has 2 aromatic rings. The molecule has 1 nitrogen and oxygen atoms in total. The predicted octanol–water partition coefficient (Wildman–Crippen LogP) is 6.94. The first kappa shape index (κ1) is 18.6. The second kappa shape index (κ2) is 8.01. The number of halogens is 2. The number of hydrogen-bond donors (Lipinski definition) is 1. The summed E-state index contributed by atoms with van der Waals surface area (Å²) in [6.45, 7) is 6.38. The quantitative estimate of drug-likeness (QED) is 0.535. The molecule has 1 N–H and O–H groups in total. The SMILES string of the molecule is C=C(C1CCC(CCC)CC1)C(O)c1c(F)cc2ccccc2c1Br. The van der Waals surface area contributed by atoms with Gasteiger partial charge in [0, 0.05) is 10.0 Å². The van der Waals surface area contributed by atoms with Gasteiger partial charge in [0.15, 0.2) is 0 Å². The molecule has 0 radical (unpaired) electrons. The summed E-state index contributed by atoms with van der Waals surface area (Å²) in [5.74, 6) is 0.704. The Labute approximate surface area is 158 Å². The zero-order chi connectivity index (χ0) is 18.0. The van der Waals surface area contributed by atoms with Crippen molar-refractivity contribution in [3.63, 3.8) is 0 Å². The Morgan fingerprint density at radius 3 is 2.64 bits per heavy atom. The molecule has 1 aliphatic carbocycles. The highest BCUT2D eigenvalue weighted by atomic mass is 79.9. The summed E-state index contributed by atoms with van der Waals surface area (Å²) in [6.07, 6.45) is 6.02. The maximum Gasteiger partial charge on any atom is 0.131 e. The summed E-state index contributed by atoms with van der Waals surface area (Å²) in [5.41, 5.74) is 1.07. The summed E-state index contributed by atoms with van der Waals surface area (Å²) < 4.78 is 15.3. The van der Waals surface area contributed by atoms with Crippen molar-refractivity contribution >= 4 is 26.7 Å². The van der Waals surface area contributed by atoms with Crippen LogP contribution in [0.3, 0.4) is 0 Å². The summed E-state index contributed by atoms with van der Waals surface area (Å²) in [4.78, 5) is 0. The highest BCUT2D eigenvalue weighted by molar-refractivity contribution is 9.10. The van der Waals surface area contributed by atoms with Crippen LogP contribution < -0.4 is 0 Å². The van der Waals surface area contributed by atoms with Gasteiger partial charge in [-0.3, -0.25) is 0 Å². The van der Waals surface area contributed by atoms with E-state index < -0.39 is 6.10 Å². The molecule has 1 aliphatic rings. The third-order valence-electron chi connectivity index (χ3n) is 5.67. The molecular formula is C22H26BrFO. The van der Waals surface area contributed by atoms with E-state index in [4.69, 9.17) is 0 Å². The lowest BCUT2D eigenvalue weighted by Gasteiger charge is -2.32. The van der Waals surface area contributed by atoms with Gasteiger partial charge in [-0.05, 0) is 75.9 Å². The average Bonchev–Trinajstić information content (AvgIpc) is 2.62. The monoisotopic (exact) mass is 404 g/mol. The van der Waals surface area contributed by atoms with Crippen LogP contribution >= 0.6 is 15.9 Å². The van der Waals surface area contributed by atoms with E-state index in [9.17, 15) is 9.50 Å². The van der Waals surface area contributed by atoms with E-state index in [1.807, 2.05) is 24.3 Å². The predicted molar refractivity (Wildman–Crippen MR) is 106 cm³/mol. The van der Waals surface area contributed by atoms with Crippen molar-refractivity contribution in [3.05, 3.63) is 58.3 Å². The molecule has 1 saturated carbocycles. The third-order valence-corrected chi connectivity index (χ3v) is 6.52. The fourth-order valence-corrected chi connectivity index (χ4v) is 4.94. The van der Waals surface area contributed by atoms with Crippen LogP contribution in [0.4, 0.5) is 4.39 Å². The van der Waals surface area contributed by atoms with E-state index in [1.165, 1.54) is 31.7 Å². The summed E-state index contributed by atoms with van der Waals surface area (Å²) in [6, 6.07) is 9.13. The minimum Gasteiger partial charge on any atom is -0.384 e. The molecule has 0 heterocycles. The standard InChI is InChI=1S/C22H26BrFO/c1-3-6-15-9-11-16(12-10-15)14(2)22(25)20-19(24)13-17-7-4-5-8-18(17)21(20)23/h4-5,7-8,13,15-16,22,25H,2-3,6,9-12H2,1H3. The minimum atomic E-state index is -0.966. The molecule has 0 aromatic heterocycles. The summed E-state index contributed by atoms with van der Waals surface area (Å²) >= 11 is 3.51. The Hall–Kier alpha value is -1.19. The summed E-state index contributed by atoms with van der Waals surface area (Å²) in [7, 11) is 0. The first-order chi connectivity index (χ1) is 12.0. The molecule has 0 amide bonds. The van der Waals surface area contributed by atoms with Crippen LogP contribution in [-0.2, 0) is 0 Å². The number of fused-ring (bicyclic) bond motifs is 1. The van der Waals surface area contributed by atoms with Crippen LogP contribution in [0, 0.1) is 17.7 Å². The lowest BCUT2D eigenvalue weighted by molar-refractivity contribution is 0.178. The number of rotatable bonds is 5. The van der Waals surface area contributed by atoms with Crippen molar-refractivity contribution in [2.24, 2.45) is 11.8 Å². The Kier molecular flexibility index (Phi) is 5.96. The zero-order valence-electron chi connectivity index (χ0n) is 14.8. The topological polar surface area (TPSA) is 20.2 Å². The molecule has 25 heavy (non-hydrogen) atoms. The van der Waals surface area contributed by atoms with Gasteiger partial charge in [0.2, 0.25) is 0 Å². The smallest absolute Gasteiger partial charge is 0.131 e. The molecule has 3 heteroatoms. The van der Waals surface area contributed by atoms with E-state index in [0.717, 1.165) is 35.1 Å². The molecule has 0 spiro atoms. The molecule has 1 atom stereocenters. The van der Waals surface area contributed by atoms with Crippen LogP contribution in [0.2, 0.25) is 0 Å². The molecule has 0 bridgehead atoms. The van der Waals surface area contributed by atoms with Crippen LogP contribution in [0.5, 0.6) is 0 Å². The van der Waals surface area contributed by atoms with Crippen molar-refractivity contribution < 1.29 is 9.50 Å². The van der Waals surface area contributed by atoms with E-state index in [2.05, 4.69) is 29.4 Å². The number of aliphatic hydroxyl groups is 1. The van der Waals surface area contributed by atoms with E-state index in [0.29, 0.717) is 10.0 Å². The van der Waals surface area contributed by atoms with Gasteiger partial charge in [0.05, 0.1) is 0 Å². The lowest BCUT2D eigenvalue weighted by atomic mass is 9.75. The molecule has 0 saturated heterocycles. The van der Waals surface area contributed by atoms with Gasteiger partial charge >= 0.3 is 0 Å². The van der Waals surface area contributed by atoms with Gasteiger partial charge in [-0.1, -0.05) is 50.6 Å². The third kappa shape index (κ3) is 3.83. The average molecular weight is 405 g/mol. The van der Waals surface area contributed by atoms with Crippen molar-refractivity contribution in [1.82, 2.24) is 0 Å². The molecular weight excluding hydrogens is 379 g/mol. The molecule has 3 rings (SSSR count). The highest BCUT2D eigenvalue weighted by Crippen LogP contribution is 2.42. The van der Waals surface area contributed by atoms with Gasteiger partial charge < -0.3 is 5.11 Å². The van der Waals surface area contributed by atoms with Crippen molar-refractivity contribution in [1.29, 1.82) is 0 Å². The molecule has 0 aliphatic heterocycles. The van der Waals surface area contributed by atoms with Crippen molar-refractivity contribution in [2.45, 2.75) is 51.6 Å². The van der Waals surface area contributed by atoms with Crippen LogP contribution in [0.1, 0.15) is 57.1 Å². The van der Waals surface area contributed by atoms with Gasteiger partial charge in [0.25, 0.3) is 0 Å². The molecule has 1 unspecified atom stereocenters. The normalized spacial score (nSPS) is 22.1. The maximum atomic E-state index is 14.7. The Morgan fingerprint density at radius 2 is 1.96 bits per heavy atom. The first-order valence-corrected chi connectivity index (χ1v) is 10.1. The number of benzene rings is 2. The van der Waals surface area contributed by atoms with Crippen LogP contribution in [-0.4, -0.2) is 5.11 Å². The van der Waals surface area contributed by atoms with E-state index in [-0.39, 0.29) is 11.7 Å². The number of aliphatic hydroxyl groups excluding tert-OH is 1. The Balaban J connectivity index is 1.82.